The van der Waals surface area contributed by atoms with Crippen molar-refractivity contribution in [1.29, 1.82) is 0 Å². The molecule has 2 heterocycles. The van der Waals surface area contributed by atoms with Crippen molar-refractivity contribution in [2.45, 2.75) is 51.1 Å². The molecule has 1 N–H and O–H groups in total. The van der Waals surface area contributed by atoms with E-state index < -0.39 is 0 Å². The second-order valence-corrected chi connectivity index (χ2v) is 4.81. The monoisotopic (exact) mass is 254 g/mol. The number of hydrogen-bond acceptors (Lipinski definition) is 4. The number of nitrogens with one attached hydrogen (secondary N) is 1. The third kappa shape index (κ3) is 4.08. The Balaban J connectivity index is 1.64. The molecule has 2 rings (SSSR count). The highest BCUT2D eigenvalue weighted by atomic mass is 16.5. The minimum atomic E-state index is 0.182. The van der Waals surface area contributed by atoms with Gasteiger partial charge >= 0.3 is 0 Å². The van der Waals surface area contributed by atoms with Gasteiger partial charge in [0.05, 0.1) is 24.9 Å². The number of methoxy groups -OCH3 is 1. The van der Waals surface area contributed by atoms with E-state index in [1.54, 1.807) is 19.5 Å². The fraction of sp³-hybridized carbons (Fsp3) is 0.769. The minimum Gasteiger partial charge on any atom is -0.382 e. The molecule has 0 spiro atoms. The molecule has 1 aliphatic heterocycles. The summed E-state index contributed by atoms with van der Waals surface area (Å²) >= 11 is 0. The normalized spacial score (nSPS) is 25.4. The molecule has 0 aromatic carbocycles. The van der Waals surface area contributed by atoms with Gasteiger partial charge in [0.25, 0.3) is 0 Å². The van der Waals surface area contributed by atoms with Crippen molar-refractivity contribution in [3.63, 3.8) is 0 Å². The number of aromatic nitrogens is 2. The average Bonchev–Trinajstić information content (AvgIpc) is 2.99. The number of rotatable bonds is 7. The Labute approximate surface area is 108 Å². The summed E-state index contributed by atoms with van der Waals surface area (Å²) in [6.45, 7) is 3.30. The maximum atomic E-state index is 5.88. The van der Waals surface area contributed by atoms with Crippen LogP contribution in [0.4, 0.5) is 0 Å². The molecule has 1 saturated heterocycles. The lowest BCUT2D eigenvalue weighted by Gasteiger charge is -2.17. The third-order valence-corrected chi connectivity index (χ3v) is 3.20. The largest absolute Gasteiger partial charge is 0.382 e. The lowest BCUT2D eigenvalue weighted by molar-refractivity contribution is -0.0351. The van der Waals surface area contributed by atoms with Crippen molar-refractivity contribution in [2.75, 3.05) is 13.7 Å². The summed E-state index contributed by atoms with van der Waals surface area (Å²) in [6.07, 6.45) is 7.40. The van der Waals surface area contributed by atoms with Crippen LogP contribution >= 0.6 is 0 Å². The summed E-state index contributed by atoms with van der Waals surface area (Å²) in [5.41, 5.74) is 0. The van der Waals surface area contributed by atoms with E-state index in [1.807, 2.05) is 0 Å². The number of ether oxygens (including phenoxy) is 3. The zero-order valence-electron chi connectivity index (χ0n) is 11.1. The van der Waals surface area contributed by atoms with Crippen LogP contribution in [0.15, 0.2) is 12.4 Å². The first-order valence-corrected chi connectivity index (χ1v) is 6.52. The quantitative estimate of drug-likeness (QED) is 0.807. The van der Waals surface area contributed by atoms with Crippen molar-refractivity contribution in [2.24, 2.45) is 0 Å². The summed E-state index contributed by atoms with van der Waals surface area (Å²) in [7, 11) is 1.71. The van der Waals surface area contributed by atoms with Crippen LogP contribution in [0, 0.1) is 0 Å². The first-order chi connectivity index (χ1) is 8.78. The Morgan fingerprint density at radius 2 is 2.33 bits per heavy atom. The second kappa shape index (κ2) is 6.87. The standard InChI is InChI=1S/C13H22N2O3/c1-10(17-9-13-14-5-6-15-13)7-11-3-4-12(18-11)8-16-2/h5-6,10-12H,3-4,7-9H2,1-2H3,(H,14,15). The van der Waals surface area contributed by atoms with E-state index in [2.05, 4.69) is 16.9 Å². The fourth-order valence-corrected chi connectivity index (χ4v) is 2.30. The van der Waals surface area contributed by atoms with E-state index in [-0.39, 0.29) is 12.2 Å². The van der Waals surface area contributed by atoms with Gasteiger partial charge in [0.2, 0.25) is 0 Å². The van der Waals surface area contributed by atoms with Gasteiger partial charge in [-0.05, 0) is 26.2 Å². The van der Waals surface area contributed by atoms with Gasteiger partial charge in [-0.1, -0.05) is 0 Å². The first kappa shape index (κ1) is 13.5. The van der Waals surface area contributed by atoms with Crippen LogP contribution < -0.4 is 0 Å². The molecule has 0 saturated carbocycles. The van der Waals surface area contributed by atoms with E-state index in [0.29, 0.717) is 19.3 Å². The molecule has 5 nitrogen and oxygen atoms in total. The van der Waals surface area contributed by atoms with E-state index in [1.165, 1.54) is 0 Å². The van der Waals surface area contributed by atoms with Gasteiger partial charge in [-0.25, -0.2) is 4.98 Å². The zero-order chi connectivity index (χ0) is 12.8. The predicted octanol–water partition coefficient (Wildman–Crippen LogP) is 1.90. The van der Waals surface area contributed by atoms with Gasteiger partial charge < -0.3 is 19.2 Å². The van der Waals surface area contributed by atoms with Gasteiger partial charge in [0, 0.05) is 19.5 Å². The van der Waals surface area contributed by atoms with Crippen LogP contribution in [0.25, 0.3) is 0 Å². The van der Waals surface area contributed by atoms with Gasteiger partial charge in [-0.3, -0.25) is 0 Å². The second-order valence-electron chi connectivity index (χ2n) is 4.81. The molecule has 1 aromatic heterocycles. The Morgan fingerprint density at radius 3 is 3.06 bits per heavy atom. The number of H-pyrrole nitrogens is 1. The molecule has 0 aliphatic carbocycles. The molecule has 0 bridgehead atoms. The van der Waals surface area contributed by atoms with Crippen LogP contribution in [0.3, 0.4) is 0 Å². The van der Waals surface area contributed by atoms with Gasteiger partial charge in [-0.2, -0.15) is 0 Å². The Morgan fingerprint density at radius 1 is 1.50 bits per heavy atom. The lowest BCUT2D eigenvalue weighted by Crippen LogP contribution is -2.21. The van der Waals surface area contributed by atoms with Gasteiger partial charge in [0.1, 0.15) is 12.4 Å². The van der Waals surface area contributed by atoms with E-state index in [9.17, 15) is 0 Å². The summed E-state index contributed by atoms with van der Waals surface area (Å²) in [5, 5.41) is 0. The predicted molar refractivity (Wildman–Crippen MR) is 67.2 cm³/mol. The van der Waals surface area contributed by atoms with Crippen molar-refractivity contribution >= 4 is 0 Å². The molecule has 0 amide bonds. The molecule has 3 unspecified atom stereocenters. The fourth-order valence-electron chi connectivity index (χ4n) is 2.30. The van der Waals surface area contributed by atoms with E-state index in [0.717, 1.165) is 25.1 Å². The summed E-state index contributed by atoms with van der Waals surface area (Å²) in [4.78, 5) is 7.15. The molecule has 18 heavy (non-hydrogen) atoms. The Kier molecular flexibility index (Phi) is 5.16. The minimum absolute atomic E-state index is 0.182. The number of nitrogens with zero attached hydrogens (tertiary/aromatic N) is 1. The highest BCUT2D eigenvalue weighted by Gasteiger charge is 2.26. The van der Waals surface area contributed by atoms with Crippen LogP contribution in [0.2, 0.25) is 0 Å². The van der Waals surface area contributed by atoms with E-state index in [4.69, 9.17) is 14.2 Å². The Bertz CT molecular complexity index is 329. The number of hydrogen-bond donors (Lipinski definition) is 1. The van der Waals surface area contributed by atoms with Crippen molar-refractivity contribution in [3.05, 3.63) is 18.2 Å². The molecular weight excluding hydrogens is 232 g/mol. The topological polar surface area (TPSA) is 56.4 Å². The highest BCUT2D eigenvalue weighted by molar-refractivity contribution is 4.84. The molecular formula is C13H22N2O3. The molecule has 1 aliphatic rings. The molecule has 5 heteroatoms. The van der Waals surface area contributed by atoms with Crippen LogP contribution in [-0.4, -0.2) is 42.0 Å². The highest BCUT2D eigenvalue weighted by Crippen LogP contribution is 2.24. The number of aromatic amines is 1. The summed E-state index contributed by atoms with van der Waals surface area (Å²) in [5.74, 6) is 0.867. The SMILES string of the molecule is COCC1CCC(CC(C)OCc2ncc[nH]2)O1. The zero-order valence-corrected chi connectivity index (χ0v) is 11.1. The average molecular weight is 254 g/mol. The third-order valence-electron chi connectivity index (χ3n) is 3.20. The summed E-state index contributed by atoms with van der Waals surface area (Å²) in [6, 6.07) is 0. The molecule has 1 aromatic rings. The molecule has 102 valence electrons. The molecule has 3 atom stereocenters. The molecule has 1 fully saturated rings. The van der Waals surface area contributed by atoms with Crippen molar-refractivity contribution < 1.29 is 14.2 Å². The number of imidazole rings is 1. The van der Waals surface area contributed by atoms with Crippen LogP contribution in [0.1, 0.15) is 32.0 Å². The lowest BCUT2D eigenvalue weighted by atomic mass is 10.1. The Hall–Kier alpha value is -0.910. The van der Waals surface area contributed by atoms with Gasteiger partial charge in [0.15, 0.2) is 0 Å². The smallest absolute Gasteiger partial charge is 0.132 e. The van der Waals surface area contributed by atoms with Crippen molar-refractivity contribution in [3.8, 4) is 0 Å². The van der Waals surface area contributed by atoms with Crippen LogP contribution in [0.5, 0.6) is 0 Å². The maximum absolute atomic E-state index is 5.88. The van der Waals surface area contributed by atoms with E-state index >= 15 is 0 Å². The van der Waals surface area contributed by atoms with Crippen LogP contribution in [-0.2, 0) is 20.8 Å². The maximum Gasteiger partial charge on any atom is 0.132 e. The first-order valence-electron chi connectivity index (χ1n) is 6.52. The van der Waals surface area contributed by atoms with Gasteiger partial charge in [-0.15, -0.1) is 0 Å². The van der Waals surface area contributed by atoms with Crippen molar-refractivity contribution in [1.82, 2.24) is 9.97 Å². The summed E-state index contributed by atoms with van der Waals surface area (Å²) < 4.78 is 16.7. The molecule has 0 radical (unpaired) electrons.